The smallest absolute Gasteiger partial charge is 0.204 e. The highest BCUT2D eigenvalue weighted by Gasteiger charge is 2.17. The molecule has 0 saturated heterocycles. The predicted molar refractivity (Wildman–Crippen MR) is 67.4 cm³/mol. The highest BCUT2D eigenvalue weighted by atomic mass is 32.1. The molecule has 0 atom stereocenters. The summed E-state index contributed by atoms with van der Waals surface area (Å²) in [7, 11) is 0. The first kappa shape index (κ1) is 10.6. The number of fused-ring (bicyclic) bond motifs is 1. The lowest BCUT2D eigenvalue weighted by Gasteiger charge is -2.10. The molecule has 3 heterocycles. The Hall–Kier alpha value is -1.52. The maximum Gasteiger partial charge on any atom is 0.204 e. The van der Waals surface area contributed by atoms with E-state index in [1.54, 1.807) is 29.8 Å². The number of carbonyl (C=O) groups is 1. The molecule has 0 aromatic carbocycles. The van der Waals surface area contributed by atoms with Crippen LogP contribution in [0.5, 0.6) is 0 Å². The lowest BCUT2D eigenvalue weighted by atomic mass is 10.1. The van der Waals surface area contributed by atoms with Gasteiger partial charge in [-0.05, 0) is 36.7 Å². The number of pyridine rings is 1. The van der Waals surface area contributed by atoms with Crippen molar-refractivity contribution < 1.29 is 4.79 Å². The van der Waals surface area contributed by atoms with Crippen molar-refractivity contribution in [1.29, 1.82) is 0 Å². The van der Waals surface area contributed by atoms with Crippen LogP contribution in [0.15, 0.2) is 30.6 Å². The molecule has 3 nitrogen and oxygen atoms in total. The Kier molecular flexibility index (Phi) is 2.74. The molecule has 17 heavy (non-hydrogen) atoms. The van der Waals surface area contributed by atoms with Gasteiger partial charge in [0.05, 0.1) is 4.88 Å². The van der Waals surface area contributed by atoms with Crippen LogP contribution in [-0.2, 0) is 13.0 Å². The molecule has 0 bridgehead atoms. The third-order valence-corrected chi connectivity index (χ3v) is 4.08. The maximum absolute atomic E-state index is 12.2. The number of nitrogens with zero attached hydrogens (tertiary/aromatic N) is 1. The summed E-state index contributed by atoms with van der Waals surface area (Å²) in [5.41, 5.74) is 1.99. The van der Waals surface area contributed by atoms with E-state index in [1.807, 2.05) is 12.1 Å². The Labute approximate surface area is 104 Å². The van der Waals surface area contributed by atoms with Crippen LogP contribution >= 0.6 is 11.3 Å². The lowest BCUT2D eigenvalue weighted by molar-refractivity contribution is 0.104. The van der Waals surface area contributed by atoms with Gasteiger partial charge in [0.15, 0.2) is 0 Å². The van der Waals surface area contributed by atoms with Crippen molar-refractivity contribution in [2.24, 2.45) is 0 Å². The van der Waals surface area contributed by atoms with Crippen LogP contribution in [0, 0.1) is 0 Å². The Morgan fingerprint density at radius 2 is 2.41 bits per heavy atom. The Morgan fingerprint density at radius 1 is 1.47 bits per heavy atom. The van der Waals surface area contributed by atoms with E-state index in [1.165, 1.54) is 10.4 Å². The summed E-state index contributed by atoms with van der Waals surface area (Å²) < 4.78 is 0. The van der Waals surface area contributed by atoms with Gasteiger partial charge in [0.2, 0.25) is 5.78 Å². The van der Waals surface area contributed by atoms with E-state index in [0.29, 0.717) is 5.56 Å². The zero-order chi connectivity index (χ0) is 11.7. The minimum Gasteiger partial charge on any atom is -0.312 e. The molecule has 1 N–H and O–H groups in total. The van der Waals surface area contributed by atoms with E-state index in [-0.39, 0.29) is 5.78 Å². The minimum atomic E-state index is 0.0810. The molecule has 0 aliphatic carbocycles. The molecule has 1 aliphatic heterocycles. The SMILES string of the molecule is O=C(c1cccnc1)c1cc2c(s1)CNCC2. The largest absolute Gasteiger partial charge is 0.312 e. The van der Waals surface area contributed by atoms with E-state index in [4.69, 9.17) is 0 Å². The summed E-state index contributed by atoms with van der Waals surface area (Å²) in [6.07, 6.45) is 4.32. The number of hydrogen-bond acceptors (Lipinski definition) is 4. The standard InChI is InChI=1S/C13H12N2OS/c16-13(10-2-1-4-14-7-10)11-6-9-3-5-15-8-12(9)17-11/h1-2,4,6-7,15H,3,5,8H2. The molecule has 0 saturated carbocycles. The highest BCUT2D eigenvalue weighted by molar-refractivity contribution is 7.14. The predicted octanol–water partition coefficient (Wildman–Crippen LogP) is 2.02. The number of aromatic nitrogens is 1. The third-order valence-electron chi connectivity index (χ3n) is 2.90. The normalized spacial score (nSPS) is 14.4. The van der Waals surface area contributed by atoms with Gasteiger partial charge in [0.1, 0.15) is 0 Å². The van der Waals surface area contributed by atoms with Crippen molar-refractivity contribution >= 4 is 17.1 Å². The Balaban J connectivity index is 1.94. The van der Waals surface area contributed by atoms with Crippen LogP contribution in [0.25, 0.3) is 0 Å². The zero-order valence-corrected chi connectivity index (χ0v) is 10.1. The monoisotopic (exact) mass is 244 g/mol. The van der Waals surface area contributed by atoms with Crippen LogP contribution in [0.2, 0.25) is 0 Å². The van der Waals surface area contributed by atoms with Gasteiger partial charge in [-0.15, -0.1) is 11.3 Å². The van der Waals surface area contributed by atoms with Crippen molar-refractivity contribution in [3.8, 4) is 0 Å². The van der Waals surface area contributed by atoms with Crippen molar-refractivity contribution in [3.05, 3.63) is 51.5 Å². The number of rotatable bonds is 2. The second-order valence-electron chi connectivity index (χ2n) is 4.06. The zero-order valence-electron chi connectivity index (χ0n) is 9.27. The third kappa shape index (κ3) is 2.01. The molecule has 3 rings (SSSR count). The molecule has 2 aromatic rings. The van der Waals surface area contributed by atoms with Crippen molar-refractivity contribution in [3.63, 3.8) is 0 Å². The average molecular weight is 244 g/mol. The van der Waals surface area contributed by atoms with Crippen molar-refractivity contribution in [2.75, 3.05) is 6.54 Å². The number of ketones is 1. The number of carbonyl (C=O) groups excluding carboxylic acids is 1. The lowest BCUT2D eigenvalue weighted by Crippen LogP contribution is -2.21. The molecule has 0 radical (unpaired) electrons. The first-order valence-electron chi connectivity index (χ1n) is 5.61. The molecule has 4 heteroatoms. The fraction of sp³-hybridized carbons (Fsp3) is 0.231. The second-order valence-corrected chi connectivity index (χ2v) is 5.19. The molecule has 0 amide bonds. The molecule has 0 spiro atoms. The summed E-state index contributed by atoms with van der Waals surface area (Å²) in [4.78, 5) is 18.3. The molecular weight excluding hydrogens is 232 g/mol. The van der Waals surface area contributed by atoms with E-state index in [0.717, 1.165) is 24.4 Å². The van der Waals surface area contributed by atoms with Crippen LogP contribution < -0.4 is 5.32 Å². The van der Waals surface area contributed by atoms with Gasteiger partial charge in [-0.25, -0.2) is 0 Å². The van der Waals surface area contributed by atoms with Gasteiger partial charge in [0.25, 0.3) is 0 Å². The quantitative estimate of drug-likeness (QED) is 0.822. The molecule has 0 unspecified atom stereocenters. The summed E-state index contributed by atoms with van der Waals surface area (Å²) >= 11 is 1.60. The molecule has 0 fully saturated rings. The number of hydrogen-bond donors (Lipinski definition) is 1. The average Bonchev–Trinajstić information content (AvgIpc) is 2.82. The topological polar surface area (TPSA) is 42.0 Å². The Bertz CT molecular complexity index is 524. The summed E-state index contributed by atoms with van der Waals surface area (Å²) in [6.45, 7) is 1.89. The van der Waals surface area contributed by atoms with Gasteiger partial charge in [-0.3, -0.25) is 9.78 Å². The summed E-state index contributed by atoms with van der Waals surface area (Å²) in [5, 5.41) is 3.32. The van der Waals surface area contributed by atoms with Gasteiger partial charge < -0.3 is 5.32 Å². The summed E-state index contributed by atoms with van der Waals surface area (Å²) in [5.74, 6) is 0.0810. The van der Waals surface area contributed by atoms with Gasteiger partial charge in [0, 0.05) is 29.4 Å². The molecule has 2 aromatic heterocycles. The highest BCUT2D eigenvalue weighted by Crippen LogP contribution is 2.26. The number of thiophene rings is 1. The van der Waals surface area contributed by atoms with E-state index < -0.39 is 0 Å². The first-order valence-corrected chi connectivity index (χ1v) is 6.43. The van der Waals surface area contributed by atoms with E-state index in [9.17, 15) is 4.79 Å². The van der Waals surface area contributed by atoms with Gasteiger partial charge in [-0.1, -0.05) is 0 Å². The second kappa shape index (κ2) is 4.39. The molecule has 86 valence electrons. The van der Waals surface area contributed by atoms with Gasteiger partial charge in [-0.2, -0.15) is 0 Å². The fourth-order valence-electron chi connectivity index (χ4n) is 2.00. The molecular formula is C13H12N2OS. The molecule has 1 aliphatic rings. The maximum atomic E-state index is 12.2. The minimum absolute atomic E-state index is 0.0810. The van der Waals surface area contributed by atoms with E-state index >= 15 is 0 Å². The van der Waals surface area contributed by atoms with Crippen LogP contribution in [0.1, 0.15) is 25.7 Å². The fourth-order valence-corrected chi connectivity index (χ4v) is 3.15. The van der Waals surface area contributed by atoms with Crippen molar-refractivity contribution in [2.45, 2.75) is 13.0 Å². The number of nitrogens with one attached hydrogen (secondary N) is 1. The van der Waals surface area contributed by atoms with Gasteiger partial charge >= 0.3 is 0 Å². The van der Waals surface area contributed by atoms with Crippen LogP contribution in [-0.4, -0.2) is 17.3 Å². The van der Waals surface area contributed by atoms with Crippen LogP contribution in [0.4, 0.5) is 0 Å². The van der Waals surface area contributed by atoms with E-state index in [2.05, 4.69) is 10.3 Å². The summed E-state index contributed by atoms with van der Waals surface area (Å²) in [6, 6.07) is 5.64. The first-order chi connectivity index (χ1) is 8.34. The van der Waals surface area contributed by atoms with Crippen LogP contribution in [0.3, 0.4) is 0 Å². The van der Waals surface area contributed by atoms with Crippen molar-refractivity contribution in [1.82, 2.24) is 10.3 Å². The Morgan fingerprint density at radius 3 is 3.18 bits per heavy atom.